The molecule has 0 amide bonds. The first-order chi connectivity index (χ1) is 16.4. The molecule has 2 aliphatic rings. The average Bonchev–Trinajstić information content (AvgIpc) is 2.69. The van der Waals surface area contributed by atoms with E-state index in [1.54, 1.807) is 20.3 Å². The van der Waals surface area contributed by atoms with Crippen LogP contribution in [0.2, 0.25) is 0 Å². The zero-order chi connectivity index (χ0) is 27.4. The number of carbonyl (C=O) groups excluding carboxylic acids is 2. The van der Waals surface area contributed by atoms with Gasteiger partial charge in [0.05, 0.1) is 26.2 Å². The van der Waals surface area contributed by atoms with E-state index in [4.69, 9.17) is 9.68 Å². The lowest BCUT2D eigenvalue weighted by Crippen LogP contribution is -2.60. The molecule has 2 saturated heterocycles. The molecule has 8 heteroatoms. The van der Waals surface area contributed by atoms with Crippen LogP contribution in [0.3, 0.4) is 0 Å². The lowest BCUT2D eigenvalue weighted by Gasteiger charge is -2.54. The number of piperidine rings is 2. The van der Waals surface area contributed by atoms with Crippen LogP contribution < -0.4 is 10.2 Å². The lowest BCUT2D eigenvalue weighted by atomic mass is 9.67. The molecule has 0 N–H and O–H groups in total. The molecule has 2 aliphatic heterocycles. The number of carboxylic acid groups (broad SMARTS) is 2. The molecule has 0 atom stereocenters. The molecule has 0 radical (unpaired) electrons. The first-order valence-corrected chi connectivity index (χ1v) is 12.7. The van der Waals surface area contributed by atoms with Gasteiger partial charge < -0.3 is 29.5 Å². The molecule has 2 fully saturated rings. The highest BCUT2D eigenvalue weighted by Crippen LogP contribution is 2.50. The molecule has 3 rings (SSSR count). The van der Waals surface area contributed by atoms with Crippen molar-refractivity contribution in [2.45, 2.75) is 115 Å². The fourth-order valence-electron chi connectivity index (χ4n) is 7.75. The van der Waals surface area contributed by atoms with E-state index in [9.17, 15) is 19.8 Å². The zero-order valence-electron chi connectivity index (χ0n) is 23.5. The van der Waals surface area contributed by atoms with Crippen molar-refractivity contribution >= 4 is 11.9 Å². The van der Waals surface area contributed by atoms with Crippen molar-refractivity contribution in [3.63, 3.8) is 0 Å². The predicted molar refractivity (Wildman–Crippen MR) is 133 cm³/mol. The molecule has 0 aromatic heterocycles. The summed E-state index contributed by atoms with van der Waals surface area (Å²) < 4.78 is 0. The number of carbonyl (C=O) groups is 2. The van der Waals surface area contributed by atoms with E-state index < -0.39 is 23.0 Å². The SMILES string of the molecule is CON1C(C)(C)CC(c2ccc(C(=O)[O-])c(C3CC(C)(C)N(OC)C(C)(C)C3)c2C(=O)[O-])CC1(C)C. The quantitative estimate of drug-likeness (QED) is 0.585. The third-order valence-corrected chi connectivity index (χ3v) is 8.10. The summed E-state index contributed by atoms with van der Waals surface area (Å²) in [6, 6.07) is 3.18. The third-order valence-electron chi connectivity index (χ3n) is 8.10. The predicted octanol–water partition coefficient (Wildman–Crippen LogP) is 3.01. The molecule has 8 nitrogen and oxygen atoms in total. The molecule has 1 aromatic rings. The van der Waals surface area contributed by atoms with Gasteiger partial charge >= 0.3 is 0 Å². The van der Waals surface area contributed by atoms with Gasteiger partial charge in [-0.1, -0.05) is 12.1 Å². The van der Waals surface area contributed by atoms with Crippen molar-refractivity contribution in [1.29, 1.82) is 0 Å². The number of aromatic carboxylic acids is 2. The minimum atomic E-state index is -1.38. The Morgan fingerprint density at radius 3 is 1.44 bits per heavy atom. The molecule has 0 saturated carbocycles. The fraction of sp³-hybridized carbons (Fsp3) is 0.714. The highest BCUT2D eigenvalue weighted by atomic mass is 16.7. The summed E-state index contributed by atoms with van der Waals surface area (Å²) in [5, 5.41) is 29.0. The van der Waals surface area contributed by atoms with Crippen LogP contribution in [0.25, 0.3) is 0 Å². The normalized spacial score (nSPS) is 24.5. The van der Waals surface area contributed by atoms with Gasteiger partial charge in [0.2, 0.25) is 0 Å². The van der Waals surface area contributed by atoms with Crippen LogP contribution in [0, 0.1) is 0 Å². The second-order valence-electron chi connectivity index (χ2n) is 13.0. The van der Waals surface area contributed by atoms with Crippen molar-refractivity contribution in [2.75, 3.05) is 14.2 Å². The number of rotatable bonds is 6. The second-order valence-corrected chi connectivity index (χ2v) is 13.0. The maximum Gasteiger partial charge on any atom is 0.0721 e. The van der Waals surface area contributed by atoms with Crippen molar-refractivity contribution in [1.82, 2.24) is 10.1 Å². The summed E-state index contributed by atoms with van der Waals surface area (Å²) in [5.74, 6) is -3.18. The Bertz CT molecular complexity index is 993. The first kappa shape index (κ1) is 28.6. The summed E-state index contributed by atoms with van der Waals surface area (Å²) >= 11 is 0. The Morgan fingerprint density at radius 2 is 1.11 bits per heavy atom. The van der Waals surface area contributed by atoms with Gasteiger partial charge in [0.15, 0.2) is 0 Å². The van der Waals surface area contributed by atoms with Crippen LogP contribution in [-0.4, -0.2) is 58.4 Å². The Balaban J connectivity index is 2.23. The molecule has 0 spiro atoms. The van der Waals surface area contributed by atoms with Crippen molar-refractivity contribution in [2.24, 2.45) is 0 Å². The van der Waals surface area contributed by atoms with E-state index in [-0.39, 0.29) is 34.0 Å². The van der Waals surface area contributed by atoms with Crippen molar-refractivity contribution in [3.8, 4) is 0 Å². The highest BCUT2D eigenvalue weighted by Gasteiger charge is 2.49. The number of nitrogens with zero attached hydrogens (tertiary/aromatic N) is 2. The van der Waals surface area contributed by atoms with E-state index in [1.807, 2.05) is 37.8 Å². The molecule has 202 valence electrons. The van der Waals surface area contributed by atoms with E-state index in [0.717, 1.165) is 0 Å². The highest BCUT2D eigenvalue weighted by molar-refractivity contribution is 5.97. The number of benzene rings is 1. The topological polar surface area (TPSA) is 105 Å². The van der Waals surface area contributed by atoms with Crippen LogP contribution in [0.5, 0.6) is 0 Å². The number of carboxylic acids is 2. The smallest absolute Gasteiger partial charge is 0.0721 e. The Hall–Kier alpha value is -2.00. The van der Waals surface area contributed by atoms with Crippen LogP contribution in [0.1, 0.15) is 125 Å². The van der Waals surface area contributed by atoms with Gasteiger partial charge in [-0.05, 0) is 104 Å². The van der Waals surface area contributed by atoms with Crippen LogP contribution in [0.15, 0.2) is 12.1 Å². The van der Waals surface area contributed by atoms with Crippen molar-refractivity contribution in [3.05, 3.63) is 34.4 Å². The van der Waals surface area contributed by atoms with E-state index in [2.05, 4.69) is 27.7 Å². The standard InChI is InChI=1S/C28H44N2O6/c1-25(2)13-17(14-26(3,4)29(25)35-9)19-11-12-20(23(31)32)21(22(19)24(33)34)18-15-27(5,6)30(36-10)28(7,8)16-18/h11-12,17-18H,13-16H2,1-10H3,(H,31,32)(H,33,34)/p-2. The lowest BCUT2D eigenvalue weighted by molar-refractivity contribution is -0.268. The fourth-order valence-corrected chi connectivity index (χ4v) is 7.75. The van der Waals surface area contributed by atoms with E-state index >= 15 is 0 Å². The summed E-state index contributed by atoms with van der Waals surface area (Å²) in [6.45, 7) is 16.4. The Kier molecular flexibility index (Phi) is 7.45. The monoisotopic (exact) mass is 502 g/mol. The number of hydroxylamine groups is 4. The number of hydrogen-bond acceptors (Lipinski definition) is 8. The van der Waals surface area contributed by atoms with Crippen LogP contribution in [-0.2, 0) is 9.68 Å². The zero-order valence-corrected chi connectivity index (χ0v) is 23.5. The van der Waals surface area contributed by atoms with Crippen LogP contribution in [0.4, 0.5) is 0 Å². The van der Waals surface area contributed by atoms with Gasteiger partial charge in [-0.25, -0.2) is 0 Å². The molecule has 36 heavy (non-hydrogen) atoms. The minimum Gasteiger partial charge on any atom is -0.545 e. The third kappa shape index (κ3) is 4.93. The molecule has 0 aliphatic carbocycles. The average molecular weight is 503 g/mol. The molecular weight excluding hydrogens is 460 g/mol. The Labute approximate surface area is 215 Å². The minimum absolute atomic E-state index is 0.00151. The summed E-state index contributed by atoms with van der Waals surface area (Å²) in [6.07, 6.45) is 2.34. The molecule has 1 aromatic carbocycles. The summed E-state index contributed by atoms with van der Waals surface area (Å²) in [5.41, 5.74) is -0.799. The van der Waals surface area contributed by atoms with Gasteiger partial charge in [0.1, 0.15) is 0 Å². The first-order valence-electron chi connectivity index (χ1n) is 12.7. The number of hydrogen-bond donors (Lipinski definition) is 0. The Morgan fingerprint density at radius 1 is 0.722 bits per heavy atom. The molecule has 0 bridgehead atoms. The maximum atomic E-state index is 12.8. The van der Waals surface area contributed by atoms with Gasteiger partial charge in [-0.15, -0.1) is 0 Å². The molecule has 0 unspecified atom stereocenters. The largest absolute Gasteiger partial charge is 0.545 e. The molecule has 2 heterocycles. The van der Waals surface area contributed by atoms with Gasteiger partial charge in [0.25, 0.3) is 0 Å². The summed E-state index contributed by atoms with van der Waals surface area (Å²) in [4.78, 5) is 36.5. The van der Waals surface area contributed by atoms with Crippen LogP contribution >= 0.6 is 0 Å². The van der Waals surface area contributed by atoms with Crippen molar-refractivity contribution < 1.29 is 29.5 Å². The maximum absolute atomic E-state index is 12.8. The van der Waals surface area contributed by atoms with Gasteiger partial charge in [0, 0.05) is 33.3 Å². The van der Waals surface area contributed by atoms with E-state index in [0.29, 0.717) is 36.8 Å². The van der Waals surface area contributed by atoms with Gasteiger partial charge in [-0.3, -0.25) is 0 Å². The second kappa shape index (κ2) is 9.39. The van der Waals surface area contributed by atoms with Gasteiger partial charge in [-0.2, -0.15) is 10.1 Å². The van der Waals surface area contributed by atoms with E-state index in [1.165, 1.54) is 6.07 Å². The molecular formula is C28H42N2O6-2. The summed E-state index contributed by atoms with van der Waals surface area (Å²) in [7, 11) is 3.28.